The van der Waals surface area contributed by atoms with Gasteiger partial charge in [-0.25, -0.2) is 9.97 Å². The Hall–Kier alpha value is -3.76. The van der Waals surface area contributed by atoms with Gasteiger partial charge >= 0.3 is 0 Å². The number of hydrogen-bond donors (Lipinski definition) is 0. The Morgan fingerprint density at radius 2 is 1.43 bits per heavy atom. The van der Waals surface area contributed by atoms with Gasteiger partial charge in [0.1, 0.15) is 12.1 Å². The van der Waals surface area contributed by atoms with Crippen LogP contribution in [0.3, 0.4) is 0 Å². The van der Waals surface area contributed by atoms with Crippen molar-refractivity contribution < 1.29 is 9.53 Å². The van der Waals surface area contributed by atoms with Crippen molar-refractivity contribution in [3.8, 4) is 11.6 Å². The highest BCUT2D eigenvalue weighted by molar-refractivity contribution is 6.30. The van der Waals surface area contributed by atoms with Crippen molar-refractivity contribution in [3.05, 3.63) is 107 Å². The largest absolute Gasteiger partial charge is 0.438 e. The van der Waals surface area contributed by atoms with Crippen molar-refractivity contribution in [2.45, 2.75) is 0 Å². The summed E-state index contributed by atoms with van der Waals surface area (Å²) in [5.41, 5.74) is 2.63. The van der Waals surface area contributed by atoms with E-state index in [4.69, 9.17) is 16.3 Å². The second kappa shape index (κ2) is 9.16. The number of ether oxygens (including phenoxy) is 1. The van der Waals surface area contributed by atoms with E-state index < -0.39 is 0 Å². The molecule has 0 aliphatic carbocycles. The monoisotopic (exact) mass is 412 g/mol. The number of halogens is 1. The Labute approximate surface area is 179 Å². The number of carbonyl (C=O) groups excluding carboxylic acids is 1. The number of fused-ring (bicyclic) bond motifs is 1. The number of hydrogen-bond acceptors (Lipinski definition) is 4. The molecular weight excluding hydrogens is 396 g/mol. The Kier molecular flexibility index (Phi) is 5.97. The average molecular weight is 413 g/mol. The van der Waals surface area contributed by atoms with E-state index >= 15 is 0 Å². The highest BCUT2D eigenvalue weighted by Gasteiger charge is 2.05. The minimum Gasteiger partial charge on any atom is -0.438 e. The number of ketones is 1. The van der Waals surface area contributed by atoms with Crippen LogP contribution in [0.25, 0.3) is 23.1 Å². The van der Waals surface area contributed by atoms with Gasteiger partial charge in [0, 0.05) is 5.02 Å². The predicted molar refractivity (Wildman–Crippen MR) is 121 cm³/mol. The summed E-state index contributed by atoms with van der Waals surface area (Å²) in [6.07, 6.45) is 8.06. The molecule has 5 heteroatoms. The summed E-state index contributed by atoms with van der Waals surface area (Å²) in [6, 6.07) is 22.4. The quantitative estimate of drug-likeness (QED) is 0.345. The molecule has 0 aliphatic rings. The molecular formula is C25H17ClN2O2. The summed E-state index contributed by atoms with van der Waals surface area (Å²) >= 11 is 5.86. The molecule has 4 nitrogen and oxygen atoms in total. The van der Waals surface area contributed by atoms with Crippen LogP contribution < -0.4 is 4.74 Å². The summed E-state index contributed by atoms with van der Waals surface area (Å²) in [6.45, 7) is 0. The number of aromatic nitrogens is 2. The Morgan fingerprint density at radius 3 is 2.13 bits per heavy atom. The van der Waals surface area contributed by atoms with E-state index in [0.717, 1.165) is 22.0 Å². The standard InChI is InChI=1S/C25H17ClN2O2/c26-20-11-5-18(6-12-20)7-13-21(29)14-8-19-9-15-22(16-10-19)30-25-23-3-1-2-4-24(23)27-17-28-25/h1-17H/b13-7+,14-8+. The molecule has 0 radical (unpaired) electrons. The van der Waals surface area contributed by atoms with E-state index in [1.807, 2.05) is 60.7 Å². The van der Waals surface area contributed by atoms with Crippen LogP contribution in [0.15, 0.2) is 91.3 Å². The lowest BCUT2D eigenvalue weighted by atomic mass is 10.1. The van der Waals surface area contributed by atoms with E-state index in [1.54, 1.807) is 24.3 Å². The molecule has 0 saturated heterocycles. The Balaban J connectivity index is 1.40. The van der Waals surface area contributed by atoms with Crippen LogP contribution in [0.2, 0.25) is 5.02 Å². The molecule has 0 aliphatic heterocycles. The summed E-state index contributed by atoms with van der Waals surface area (Å²) in [7, 11) is 0. The Bertz CT molecular complexity index is 1220. The zero-order chi connectivity index (χ0) is 20.8. The summed E-state index contributed by atoms with van der Waals surface area (Å²) in [4.78, 5) is 20.5. The number of nitrogens with zero attached hydrogens (tertiary/aromatic N) is 2. The summed E-state index contributed by atoms with van der Waals surface area (Å²) in [5.74, 6) is 1.06. The maximum absolute atomic E-state index is 12.1. The van der Waals surface area contributed by atoms with E-state index in [2.05, 4.69) is 9.97 Å². The van der Waals surface area contributed by atoms with Gasteiger partial charge in [-0.2, -0.15) is 0 Å². The second-order valence-electron chi connectivity index (χ2n) is 6.49. The van der Waals surface area contributed by atoms with E-state index in [-0.39, 0.29) is 5.78 Å². The summed E-state index contributed by atoms with van der Waals surface area (Å²) in [5, 5.41) is 1.51. The highest BCUT2D eigenvalue weighted by atomic mass is 35.5. The van der Waals surface area contributed by atoms with Crippen LogP contribution in [0.1, 0.15) is 11.1 Å². The smallest absolute Gasteiger partial charge is 0.230 e. The molecule has 0 spiro atoms. The molecule has 4 aromatic rings. The SMILES string of the molecule is O=C(/C=C/c1ccc(Cl)cc1)/C=C/c1ccc(Oc2ncnc3ccccc23)cc1. The molecule has 4 rings (SSSR count). The third-order valence-corrected chi connectivity index (χ3v) is 4.60. The molecule has 0 unspecified atom stereocenters. The van der Waals surface area contributed by atoms with Crippen LogP contribution in [0.5, 0.6) is 11.6 Å². The van der Waals surface area contributed by atoms with Gasteiger partial charge in [0.25, 0.3) is 0 Å². The van der Waals surface area contributed by atoms with Gasteiger partial charge in [-0.3, -0.25) is 4.79 Å². The van der Waals surface area contributed by atoms with Crippen molar-refractivity contribution >= 4 is 40.4 Å². The zero-order valence-electron chi connectivity index (χ0n) is 15.9. The van der Waals surface area contributed by atoms with Crippen molar-refractivity contribution in [1.29, 1.82) is 0 Å². The van der Waals surface area contributed by atoms with Gasteiger partial charge < -0.3 is 4.74 Å². The first kappa shape index (κ1) is 19.6. The minimum absolute atomic E-state index is 0.0993. The molecule has 0 N–H and O–H groups in total. The molecule has 0 fully saturated rings. The normalized spacial score (nSPS) is 11.4. The number of allylic oxidation sites excluding steroid dienone is 2. The van der Waals surface area contributed by atoms with Crippen LogP contribution in [0, 0.1) is 0 Å². The highest BCUT2D eigenvalue weighted by Crippen LogP contribution is 2.26. The van der Waals surface area contributed by atoms with E-state index in [9.17, 15) is 4.79 Å². The fraction of sp³-hybridized carbons (Fsp3) is 0. The maximum Gasteiger partial charge on any atom is 0.230 e. The second-order valence-corrected chi connectivity index (χ2v) is 6.92. The first-order valence-corrected chi connectivity index (χ1v) is 9.68. The molecule has 0 amide bonds. The third-order valence-electron chi connectivity index (χ3n) is 4.35. The number of carbonyl (C=O) groups is 1. The lowest BCUT2D eigenvalue weighted by Gasteiger charge is -2.07. The first-order chi connectivity index (χ1) is 14.7. The van der Waals surface area contributed by atoms with Crippen molar-refractivity contribution in [1.82, 2.24) is 9.97 Å². The van der Waals surface area contributed by atoms with Crippen molar-refractivity contribution in [2.24, 2.45) is 0 Å². The fourth-order valence-corrected chi connectivity index (χ4v) is 2.93. The van der Waals surface area contributed by atoms with Crippen molar-refractivity contribution in [2.75, 3.05) is 0 Å². The molecule has 30 heavy (non-hydrogen) atoms. The van der Waals surface area contributed by atoms with Crippen LogP contribution in [-0.4, -0.2) is 15.8 Å². The lowest BCUT2D eigenvalue weighted by Crippen LogP contribution is -1.91. The van der Waals surface area contributed by atoms with Gasteiger partial charge in [-0.05, 0) is 59.7 Å². The molecule has 146 valence electrons. The topological polar surface area (TPSA) is 52.1 Å². The number of benzene rings is 3. The minimum atomic E-state index is -0.0993. The van der Waals surface area contributed by atoms with Crippen LogP contribution in [-0.2, 0) is 4.79 Å². The number of rotatable bonds is 6. The average Bonchev–Trinajstić information content (AvgIpc) is 2.78. The van der Waals surface area contributed by atoms with Crippen LogP contribution >= 0.6 is 11.6 Å². The molecule has 0 saturated carbocycles. The van der Waals surface area contributed by atoms with Gasteiger partial charge in [-0.1, -0.05) is 60.2 Å². The van der Waals surface area contributed by atoms with Gasteiger partial charge in [-0.15, -0.1) is 0 Å². The van der Waals surface area contributed by atoms with Crippen molar-refractivity contribution in [3.63, 3.8) is 0 Å². The lowest BCUT2D eigenvalue weighted by molar-refractivity contribution is -0.110. The molecule has 0 bridgehead atoms. The summed E-state index contributed by atoms with van der Waals surface area (Å²) < 4.78 is 5.91. The zero-order valence-corrected chi connectivity index (χ0v) is 16.7. The first-order valence-electron chi connectivity index (χ1n) is 9.31. The van der Waals surface area contributed by atoms with E-state index in [1.165, 1.54) is 18.5 Å². The van der Waals surface area contributed by atoms with E-state index in [0.29, 0.717) is 16.7 Å². The molecule has 0 atom stereocenters. The van der Waals surface area contributed by atoms with Crippen LogP contribution in [0.4, 0.5) is 0 Å². The fourth-order valence-electron chi connectivity index (χ4n) is 2.81. The van der Waals surface area contributed by atoms with Gasteiger partial charge in [0.15, 0.2) is 5.78 Å². The third kappa shape index (κ3) is 4.99. The predicted octanol–water partition coefficient (Wildman–Crippen LogP) is 6.37. The molecule has 3 aromatic carbocycles. The Morgan fingerprint density at radius 1 is 0.800 bits per heavy atom. The van der Waals surface area contributed by atoms with Gasteiger partial charge in [0.05, 0.1) is 10.9 Å². The maximum atomic E-state index is 12.1. The molecule has 1 heterocycles. The molecule has 1 aromatic heterocycles. The number of para-hydroxylation sites is 1. The van der Waals surface area contributed by atoms with Gasteiger partial charge in [0.2, 0.25) is 5.88 Å².